The molecule has 16 N–H and O–H groups in total. The topological polar surface area (TPSA) is 540 Å². The van der Waals surface area contributed by atoms with Crippen LogP contribution in [-0.4, -0.2) is 314 Å². The maximum atomic E-state index is 16.4. The second-order valence-corrected chi connectivity index (χ2v) is 35.0. The number of rotatable bonds is 23. The van der Waals surface area contributed by atoms with Gasteiger partial charge in [0, 0.05) is 61.1 Å². The predicted octanol–water partition coefficient (Wildman–Crippen LogP) is 3.27. The van der Waals surface area contributed by atoms with Crippen molar-refractivity contribution in [2.45, 2.75) is 353 Å². The van der Waals surface area contributed by atoms with E-state index in [4.69, 9.17) is 75.8 Å². The Morgan fingerprint density at radius 2 is 0.746 bits per heavy atom. The number of phenolic OH excluding ortho intramolecular Hbond substituents is 4. The lowest BCUT2D eigenvalue weighted by atomic mass is 9.53. The standard InChI is InChI=1S/C86H118O36/c1-15-23-83(103)79(121-51-19-17-49(33(3)111-51)117-53-21-25-81(101,37(7)87)39(9)115-53)69(97)73(119-55-31-47(89)63(91)35(5)113-55)45-29-41-27-43-59(65(93)57(41)77(99)85(45,83)105)67(95)61(75(109-13)71(43)107-11)62-68(96)60-44(72(108-12)76(62)110-14)28-42-30-46-74(120-56-32-48(90)64(92)36(6)114-56)70(98)80(84(104,24-16-2)86(46,106)78(100)58(42)66(60)94)122-52-20-18-50(34(4)112-52)118-54-22-26-82(102,38(8)88)40(10)116-54/h27-28,33-36,39-40,45-56,63-64,69-70,73-74,79-80,89-98,101-106H,15-26,29-32H2,1-14H3. The molecule has 4 aromatic carbocycles. The van der Waals surface area contributed by atoms with E-state index in [2.05, 4.69) is 0 Å². The van der Waals surface area contributed by atoms with Gasteiger partial charge in [-0.2, -0.15) is 0 Å². The van der Waals surface area contributed by atoms with Crippen LogP contribution in [0.3, 0.4) is 0 Å². The number of hydrogen-bond donors (Lipinski definition) is 16. The van der Waals surface area contributed by atoms with Crippen LogP contribution < -0.4 is 18.9 Å². The SMILES string of the molecule is CCCC1(O)C(OC2CCC(OC3CCC(O)(C(C)=O)C(C)O3)C(C)O2)C(O)C(OC2CC(O)C(O)C(C)O2)C2Cc3cc4c(OC)c(OC)c(-c5c(OC)c(OC)c6cc7c(c(O)c6c5O)C(=O)C5(O)C(C7)C(OC6CC(O)C(O)C(C)O6)C(O)C(OC6CCC(OC7CCC(O)(C(C)=O)C(C)O7)C(C)O6)C5(O)CCC)c(O)c4c(O)c3C(=O)C21O. The van der Waals surface area contributed by atoms with Gasteiger partial charge in [-0.15, -0.1) is 0 Å². The van der Waals surface area contributed by atoms with E-state index >= 15 is 9.59 Å². The number of aliphatic hydroxyl groups is 12. The first kappa shape index (κ1) is 91.7. The quantitative estimate of drug-likeness (QED) is 0.0507. The van der Waals surface area contributed by atoms with Crippen molar-refractivity contribution < 1.29 is 177 Å². The number of carbonyl (C=O) groups is 4. The first-order valence-corrected chi connectivity index (χ1v) is 42.2. The lowest BCUT2D eigenvalue weighted by Gasteiger charge is -2.60. The van der Waals surface area contributed by atoms with Crippen LogP contribution in [0.1, 0.15) is 191 Å². The number of methoxy groups -OCH3 is 4. The summed E-state index contributed by atoms with van der Waals surface area (Å²) in [6.45, 7) is 15.2. The van der Waals surface area contributed by atoms with E-state index in [1.807, 2.05) is 0 Å². The van der Waals surface area contributed by atoms with Crippen molar-refractivity contribution in [3.8, 4) is 57.1 Å². The van der Waals surface area contributed by atoms with Gasteiger partial charge in [-0.05, 0) is 130 Å². The van der Waals surface area contributed by atoms with E-state index in [-0.39, 0.29) is 110 Å². The molecule has 0 aromatic heterocycles. The third-order valence-electron chi connectivity index (χ3n) is 28.0. The number of aromatic hydroxyl groups is 4. The third kappa shape index (κ3) is 14.6. The Labute approximate surface area is 703 Å². The summed E-state index contributed by atoms with van der Waals surface area (Å²) in [7, 11) is 4.67. The molecule has 6 saturated heterocycles. The summed E-state index contributed by atoms with van der Waals surface area (Å²) in [4.78, 5) is 57.6. The number of aliphatic hydroxyl groups excluding tert-OH is 6. The lowest BCUT2D eigenvalue weighted by molar-refractivity contribution is -0.358. The maximum Gasteiger partial charge on any atom is 0.201 e. The summed E-state index contributed by atoms with van der Waals surface area (Å²) in [6.07, 6.45) is -33.1. The Morgan fingerprint density at radius 3 is 1.05 bits per heavy atom. The monoisotopic (exact) mass is 1730 g/mol. The summed E-state index contributed by atoms with van der Waals surface area (Å²) < 4.78 is 100. The van der Waals surface area contributed by atoms with Crippen molar-refractivity contribution in [3.05, 3.63) is 34.4 Å². The molecule has 10 aliphatic rings. The predicted molar refractivity (Wildman–Crippen MR) is 421 cm³/mol. The number of phenols is 4. The first-order valence-electron chi connectivity index (χ1n) is 42.2. The molecular weight excluding hydrogens is 1610 g/mol. The molecule has 14 rings (SSSR count). The third-order valence-corrected chi connectivity index (χ3v) is 28.0. The van der Waals surface area contributed by atoms with Crippen molar-refractivity contribution >= 4 is 44.7 Å². The van der Waals surface area contributed by atoms with Crippen molar-refractivity contribution in [2.75, 3.05) is 28.4 Å². The lowest BCUT2D eigenvalue weighted by Crippen LogP contribution is -2.80. The van der Waals surface area contributed by atoms with Crippen LogP contribution in [0.2, 0.25) is 0 Å². The first-order chi connectivity index (χ1) is 57.5. The van der Waals surface area contributed by atoms with Gasteiger partial charge in [-0.25, -0.2) is 0 Å². The van der Waals surface area contributed by atoms with Crippen molar-refractivity contribution in [1.29, 1.82) is 0 Å². The fraction of sp³-hybridized carbons (Fsp3) is 0.721. The van der Waals surface area contributed by atoms with Gasteiger partial charge < -0.3 is 157 Å². The zero-order valence-corrected chi connectivity index (χ0v) is 70.8. The van der Waals surface area contributed by atoms with Gasteiger partial charge in [-0.3, -0.25) is 19.2 Å². The van der Waals surface area contributed by atoms with Crippen molar-refractivity contribution in [2.24, 2.45) is 11.8 Å². The van der Waals surface area contributed by atoms with E-state index in [9.17, 15) is 91.3 Å². The highest BCUT2D eigenvalue weighted by atomic mass is 16.8. The van der Waals surface area contributed by atoms with Crippen LogP contribution in [-0.2, 0) is 79.3 Å². The molecule has 122 heavy (non-hydrogen) atoms. The van der Waals surface area contributed by atoms with Gasteiger partial charge in [0.25, 0.3) is 0 Å². The van der Waals surface area contributed by atoms with Crippen LogP contribution in [0.25, 0.3) is 32.7 Å². The van der Waals surface area contributed by atoms with Gasteiger partial charge in [0.2, 0.25) is 11.6 Å². The number of ketones is 4. The van der Waals surface area contributed by atoms with E-state index in [0.29, 0.717) is 0 Å². The minimum absolute atomic E-state index is 0.00456. The Hall–Kier alpha value is -6.48. The molecule has 0 bridgehead atoms. The highest BCUT2D eigenvalue weighted by Gasteiger charge is 2.75. The van der Waals surface area contributed by atoms with Gasteiger partial charge in [-0.1, -0.05) is 26.7 Å². The van der Waals surface area contributed by atoms with E-state index in [0.717, 1.165) is 14.2 Å². The molecule has 8 fully saturated rings. The molecule has 4 aliphatic carbocycles. The Kier molecular flexibility index (Phi) is 25.8. The van der Waals surface area contributed by atoms with Gasteiger partial charge in [0.05, 0.1) is 135 Å². The van der Waals surface area contributed by atoms with E-state index < -0.39 is 309 Å². The fourth-order valence-electron chi connectivity index (χ4n) is 21.3. The summed E-state index contributed by atoms with van der Waals surface area (Å²) in [5.41, 5.74) is -18.2. The molecule has 678 valence electrons. The van der Waals surface area contributed by atoms with Crippen LogP contribution in [0.5, 0.6) is 46.0 Å². The Balaban J connectivity index is 0.855. The molecule has 6 heterocycles. The second-order valence-electron chi connectivity index (χ2n) is 35.0. The number of fused-ring (bicyclic) bond motifs is 6. The normalized spacial score (nSPS) is 41.7. The molecule has 4 aromatic rings. The van der Waals surface area contributed by atoms with Crippen molar-refractivity contribution in [3.63, 3.8) is 0 Å². The molecule has 32 unspecified atom stereocenters. The minimum atomic E-state index is -3.16. The fourth-order valence-corrected chi connectivity index (χ4v) is 21.3. The number of hydrogen-bond acceptors (Lipinski definition) is 36. The minimum Gasteiger partial charge on any atom is -0.506 e. The summed E-state index contributed by atoms with van der Waals surface area (Å²) >= 11 is 0. The average Bonchev–Trinajstić information content (AvgIpc) is 0.683. The van der Waals surface area contributed by atoms with Gasteiger partial charge in [0.15, 0.2) is 83.5 Å². The summed E-state index contributed by atoms with van der Waals surface area (Å²) in [6, 6.07) is 2.65. The smallest absolute Gasteiger partial charge is 0.201 e. The summed E-state index contributed by atoms with van der Waals surface area (Å²) in [5, 5.41) is 199. The van der Waals surface area contributed by atoms with E-state index in [1.165, 1.54) is 54.0 Å². The van der Waals surface area contributed by atoms with Crippen molar-refractivity contribution in [1.82, 2.24) is 0 Å². The molecule has 32 atom stereocenters. The molecule has 0 radical (unpaired) electrons. The van der Waals surface area contributed by atoms with Gasteiger partial charge >= 0.3 is 0 Å². The Bertz CT molecular complexity index is 4310. The number of Topliss-reactive ketones (excluding diaryl/α,β-unsaturated/α-hetero) is 4. The highest BCUT2D eigenvalue weighted by Crippen LogP contribution is 2.65. The molecular formula is C86H118O36. The number of ether oxygens (including phenoxy) is 16. The van der Waals surface area contributed by atoms with Gasteiger partial charge in [0.1, 0.15) is 82.0 Å². The zero-order valence-electron chi connectivity index (χ0n) is 70.8. The van der Waals surface area contributed by atoms with E-state index in [1.54, 1.807) is 41.5 Å². The van der Waals surface area contributed by atoms with Crippen LogP contribution in [0.4, 0.5) is 0 Å². The molecule has 0 spiro atoms. The molecule has 6 aliphatic heterocycles. The molecule has 36 heteroatoms. The zero-order chi connectivity index (χ0) is 88.8. The maximum absolute atomic E-state index is 16.4. The molecule has 2 saturated carbocycles. The summed E-state index contributed by atoms with van der Waals surface area (Å²) in [5.74, 6) is -12.7. The highest BCUT2D eigenvalue weighted by molar-refractivity contribution is 6.19. The van der Waals surface area contributed by atoms with Crippen LogP contribution in [0.15, 0.2) is 12.1 Å². The van der Waals surface area contributed by atoms with Crippen LogP contribution in [0, 0.1) is 11.8 Å². The van der Waals surface area contributed by atoms with Crippen LogP contribution >= 0.6 is 0 Å². The molecule has 36 nitrogen and oxygen atoms in total. The number of carbonyl (C=O) groups excluding carboxylic acids is 4. The largest absolute Gasteiger partial charge is 0.506 e. The second kappa shape index (κ2) is 34.3. The number of benzene rings is 4. The Morgan fingerprint density at radius 1 is 0.418 bits per heavy atom. The average molecular weight is 1730 g/mol. The molecule has 0 amide bonds.